The first-order valence-corrected chi connectivity index (χ1v) is 11.4. The molecule has 6 nitrogen and oxygen atoms in total. The first kappa shape index (κ1) is 19.6. The van der Waals surface area contributed by atoms with E-state index in [0.29, 0.717) is 6.04 Å². The van der Waals surface area contributed by atoms with E-state index in [1.54, 1.807) is 0 Å². The van der Waals surface area contributed by atoms with Crippen LogP contribution in [-0.2, 0) is 6.54 Å². The third-order valence-electron chi connectivity index (χ3n) is 7.14. The fourth-order valence-corrected chi connectivity index (χ4v) is 5.60. The molecule has 0 bridgehead atoms. The maximum atomic E-state index is 12.8. The van der Waals surface area contributed by atoms with E-state index in [1.807, 2.05) is 18.0 Å². The van der Waals surface area contributed by atoms with Gasteiger partial charge in [-0.3, -0.25) is 4.90 Å². The van der Waals surface area contributed by atoms with E-state index in [4.69, 9.17) is 4.42 Å². The maximum Gasteiger partial charge on any atom is 0.317 e. The highest BCUT2D eigenvalue weighted by atomic mass is 16.4. The Morgan fingerprint density at radius 3 is 2.63 bits per heavy atom. The largest absolute Gasteiger partial charge is 0.446 e. The van der Waals surface area contributed by atoms with E-state index >= 15 is 0 Å². The third kappa shape index (κ3) is 3.85. The fourth-order valence-electron chi connectivity index (χ4n) is 5.60. The van der Waals surface area contributed by atoms with Crippen LogP contribution in [0.15, 0.2) is 40.9 Å². The number of oxazole rings is 1. The van der Waals surface area contributed by atoms with Crippen molar-refractivity contribution < 1.29 is 9.21 Å². The normalized spacial score (nSPS) is 24.2. The number of hydrogen-bond acceptors (Lipinski definition) is 4. The van der Waals surface area contributed by atoms with E-state index in [0.717, 1.165) is 57.2 Å². The zero-order valence-electron chi connectivity index (χ0n) is 17.8. The summed E-state index contributed by atoms with van der Waals surface area (Å²) in [6.07, 6.45) is 7.81. The Morgan fingerprint density at radius 2 is 1.93 bits per heavy atom. The number of hydrogen-bond donors (Lipinski definition) is 1. The van der Waals surface area contributed by atoms with Gasteiger partial charge in [-0.15, -0.1) is 0 Å². The minimum Gasteiger partial charge on any atom is -0.446 e. The summed E-state index contributed by atoms with van der Waals surface area (Å²) in [5.74, 6) is 1.91. The molecular formula is C24H32N4O2. The lowest BCUT2D eigenvalue weighted by Gasteiger charge is -2.50. The molecule has 2 amide bonds. The van der Waals surface area contributed by atoms with Crippen LogP contribution in [0.5, 0.6) is 0 Å². The Hall–Kier alpha value is -2.34. The van der Waals surface area contributed by atoms with Gasteiger partial charge in [-0.05, 0) is 25.3 Å². The van der Waals surface area contributed by atoms with Crippen LogP contribution >= 0.6 is 0 Å². The van der Waals surface area contributed by atoms with Crippen LogP contribution in [0.1, 0.15) is 55.2 Å². The molecule has 1 spiro atoms. The van der Waals surface area contributed by atoms with Gasteiger partial charge in [-0.25, -0.2) is 9.78 Å². The Bertz CT molecular complexity index is 868. The Balaban J connectivity index is 1.27. The number of carbonyl (C=O) groups is 1. The number of urea groups is 1. The molecule has 3 aliphatic rings. The summed E-state index contributed by atoms with van der Waals surface area (Å²) >= 11 is 0. The molecule has 30 heavy (non-hydrogen) atoms. The molecule has 1 aromatic heterocycles. The summed E-state index contributed by atoms with van der Waals surface area (Å²) in [5, 5.41) is 3.27. The van der Waals surface area contributed by atoms with Gasteiger partial charge in [-0.2, -0.15) is 0 Å². The number of carbonyl (C=O) groups excluding carboxylic acids is 1. The fraction of sp³-hybridized carbons (Fsp3) is 0.583. The summed E-state index contributed by atoms with van der Waals surface area (Å²) in [6, 6.07) is 11.1. The summed E-state index contributed by atoms with van der Waals surface area (Å²) in [4.78, 5) is 21.9. The van der Waals surface area contributed by atoms with Crippen LogP contribution < -0.4 is 5.32 Å². The smallest absolute Gasteiger partial charge is 0.317 e. The lowest BCUT2D eigenvalue weighted by atomic mass is 9.71. The van der Waals surface area contributed by atoms with Crippen molar-refractivity contribution in [3.63, 3.8) is 0 Å². The van der Waals surface area contributed by atoms with E-state index in [-0.39, 0.29) is 17.4 Å². The molecule has 1 saturated carbocycles. The van der Waals surface area contributed by atoms with Crippen LogP contribution in [0.2, 0.25) is 0 Å². The number of aryl methyl sites for hydroxylation is 1. The van der Waals surface area contributed by atoms with Gasteiger partial charge in [0.25, 0.3) is 0 Å². The van der Waals surface area contributed by atoms with Crippen LogP contribution in [0.4, 0.5) is 4.79 Å². The van der Waals surface area contributed by atoms with Crippen LogP contribution in [0, 0.1) is 12.3 Å². The number of aromatic nitrogens is 1. The third-order valence-corrected chi connectivity index (χ3v) is 7.14. The molecule has 1 aliphatic carbocycles. The van der Waals surface area contributed by atoms with Crippen molar-refractivity contribution in [3.05, 3.63) is 53.7 Å². The second-order valence-corrected chi connectivity index (χ2v) is 9.52. The molecule has 0 radical (unpaired) electrons. The number of nitrogens with zero attached hydrogens (tertiary/aromatic N) is 3. The van der Waals surface area contributed by atoms with E-state index in [1.165, 1.54) is 24.8 Å². The molecule has 2 aliphatic heterocycles. The molecule has 2 aromatic rings. The predicted molar refractivity (Wildman–Crippen MR) is 115 cm³/mol. The molecular weight excluding hydrogens is 376 g/mol. The summed E-state index contributed by atoms with van der Waals surface area (Å²) in [7, 11) is 0. The second kappa shape index (κ2) is 8.06. The zero-order valence-corrected chi connectivity index (χ0v) is 17.8. The molecule has 1 atom stereocenters. The van der Waals surface area contributed by atoms with Gasteiger partial charge >= 0.3 is 6.03 Å². The van der Waals surface area contributed by atoms with Crippen LogP contribution in [0.3, 0.4) is 0 Å². The first-order valence-electron chi connectivity index (χ1n) is 11.4. The van der Waals surface area contributed by atoms with Crippen molar-refractivity contribution in [1.82, 2.24) is 20.1 Å². The van der Waals surface area contributed by atoms with E-state index < -0.39 is 0 Å². The van der Waals surface area contributed by atoms with Crippen LogP contribution in [-0.4, -0.2) is 53.0 Å². The van der Waals surface area contributed by atoms with E-state index in [2.05, 4.69) is 45.5 Å². The molecule has 5 rings (SSSR count). The lowest BCUT2D eigenvalue weighted by Crippen LogP contribution is -2.64. The molecule has 1 unspecified atom stereocenters. The number of rotatable bonds is 4. The highest BCUT2D eigenvalue weighted by Gasteiger charge is 2.57. The topological polar surface area (TPSA) is 61.6 Å². The second-order valence-electron chi connectivity index (χ2n) is 9.52. The van der Waals surface area contributed by atoms with Crippen LogP contribution in [0.25, 0.3) is 0 Å². The quantitative estimate of drug-likeness (QED) is 0.833. The van der Waals surface area contributed by atoms with Gasteiger partial charge in [-0.1, -0.05) is 49.6 Å². The lowest BCUT2D eigenvalue weighted by molar-refractivity contribution is 0.0198. The molecule has 1 N–H and O–H groups in total. The van der Waals surface area contributed by atoms with Crippen molar-refractivity contribution >= 4 is 6.03 Å². The molecule has 2 saturated heterocycles. The van der Waals surface area contributed by atoms with Crippen molar-refractivity contribution in [1.29, 1.82) is 0 Å². The maximum absolute atomic E-state index is 12.8. The molecule has 3 heterocycles. The molecule has 6 heteroatoms. The number of amides is 2. The predicted octanol–water partition coefficient (Wildman–Crippen LogP) is 3.93. The number of benzene rings is 1. The van der Waals surface area contributed by atoms with Crippen molar-refractivity contribution in [3.8, 4) is 0 Å². The van der Waals surface area contributed by atoms with Crippen molar-refractivity contribution in [2.24, 2.45) is 5.41 Å². The molecule has 160 valence electrons. The minimum absolute atomic E-state index is 0.0377. The summed E-state index contributed by atoms with van der Waals surface area (Å²) in [5.41, 5.74) is 1.36. The monoisotopic (exact) mass is 408 g/mol. The van der Waals surface area contributed by atoms with Gasteiger partial charge in [0, 0.05) is 44.2 Å². The highest BCUT2D eigenvalue weighted by molar-refractivity contribution is 5.75. The van der Waals surface area contributed by atoms with Gasteiger partial charge in [0.2, 0.25) is 0 Å². The average molecular weight is 409 g/mol. The Kier molecular flexibility index (Phi) is 5.27. The minimum atomic E-state index is 0.0377. The first-order chi connectivity index (χ1) is 14.6. The van der Waals surface area contributed by atoms with E-state index in [9.17, 15) is 4.79 Å². The van der Waals surface area contributed by atoms with Crippen molar-refractivity contribution in [2.75, 3.05) is 26.2 Å². The Morgan fingerprint density at radius 1 is 1.17 bits per heavy atom. The standard InChI is InChI=1S/C24H32N4O2/c1-18-12-25-22(30-18)21-14-27(13-19-8-4-2-5-9-19)15-24(21)16-28(17-24)23(29)26-20-10-6-3-7-11-20/h2,4-5,8-9,12,20-21H,3,6-7,10-11,13-17H2,1H3,(H,26,29). The van der Waals surface area contributed by atoms with Gasteiger partial charge in [0.1, 0.15) is 5.76 Å². The van der Waals surface area contributed by atoms with Crippen molar-refractivity contribution in [2.45, 2.75) is 57.5 Å². The summed E-state index contributed by atoms with van der Waals surface area (Å²) in [6.45, 7) is 6.33. The SMILES string of the molecule is Cc1cnc(C2CN(Cc3ccccc3)CC23CN(C(=O)NC2CCCCC2)C3)o1. The Labute approximate surface area is 178 Å². The summed E-state index contributed by atoms with van der Waals surface area (Å²) < 4.78 is 5.96. The molecule has 1 aromatic carbocycles. The van der Waals surface area contributed by atoms with Gasteiger partial charge < -0.3 is 14.6 Å². The van der Waals surface area contributed by atoms with Gasteiger partial charge in [0.05, 0.1) is 12.1 Å². The zero-order chi connectivity index (χ0) is 20.6. The number of nitrogens with one attached hydrogen (secondary N) is 1. The average Bonchev–Trinajstić information content (AvgIpc) is 3.32. The molecule has 3 fully saturated rings. The van der Waals surface area contributed by atoms with Gasteiger partial charge in [0.15, 0.2) is 5.89 Å². The number of likely N-dealkylation sites (tertiary alicyclic amines) is 2. The highest BCUT2D eigenvalue weighted by Crippen LogP contribution is 2.49.